The number of fused-ring (bicyclic) bond motifs is 1. The van der Waals surface area contributed by atoms with E-state index in [9.17, 15) is 4.79 Å². The number of nitrogens with one attached hydrogen (secondary N) is 2. The van der Waals surface area contributed by atoms with Crippen LogP contribution in [0.1, 0.15) is 20.3 Å². The van der Waals surface area contributed by atoms with Gasteiger partial charge in [0.05, 0.1) is 5.69 Å². The Morgan fingerprint density at radius 3 is 2.68 bits per heavy atom. The van der Waals surface area contributed by atoms with E-state index < -0.39 is 0 Å². The standard InChI is InChI=1S/C17H26N4O/c1-4-21(5-2)12-8-11-18-17(22)19-15-13-20(3)16-10-7-6-9-14(15)16/h6-7,9-10,13H,4-5,8,11-12H2,1-3H3,(H2,18,19,22). The van der Waals surface area contributed by atoms with Crippen molar-refractivity contribution >= 4 is 22.6 Å². The number of hydrogen-bond acceptors (Lipinski definition) is 2. The molecule has 5 nitrogen and oxygen atoms in total. The third-order valence-corrected chi connectivity index (χ3v) is 3.98. The van der Waals surface area contributed by atoms with Crippen LogP contribution in [0.5, 0.6) is 0 Å². The van der Waals surface area contributed by atoms with Crippen molar-refractivity contribution in [3.63, 3.8) is 0 Å². The number of benzene rings is 1. The van der Waals surface area contributed by atoms with Crippen LogP contribution in [0.3, 0.4) is 0 Å². The minimum absolute atomic E-state index is 0.143. The summed E-state index contributed by atoms with van der Waals surface area (Å²) < 4.78 is 2.02. The summed E-state index contributed by atoms with van der Waals surface area (Å²) in [6.45, 7) is 8.13. The minimum Gasteiger partial charge on any atom is -0.348 e. The van der Waals surface area contributed by atoms with Gasteiger partial charge in [-0.25, -0.2) is 4.79 Å². The zero-order valence-electron chi connectivity index (χ0n) is 13.7. The van der Waals surface area contributed by atoms with Crippen LogP contribution in [0.15, 0.2) is 30.5 Å². The van der Waals surface area contributed by atoms with Crippen molar-refractivity contribution < 1.29 is 4.79 Å². The van der Waals surface area contributed by atoms with E-state index in [1.165, 1.54) is 0 Å². The number of urea groups is 1. The molecule has 0 aliphatic carbocycles. The molecule has 5 heteroatoms. The van der Waals surface area contributed by atoms with Gasteiger partial charge in [-0.15, -0.1) is 0 Å². The van der Waals surface area contributed by atoms with E-state index in [0.717, 1.165) is 42.6 Å². The molecule has 0 atom stereocenters. The lowest BCUT2D eigenvalue weighted by atomic mass is 10.2. The normalized spacial score (nSPS) is 11.1. The topological polar surface area (TPSA) is 49.3 Å². The molecule has 0 radical (unpaired) electrons. The Morgan fingerprint density at radius 1 is 1.23 bits per heavy atom. The first-order valence-corrected chi connectivity index (χ1v) is 7.97. The molecule has 1 aromatic carbocycles. The Hall–Kier alpha value is -2.01. The molecule has 0 aliphatic heterocycles. The molecule has 2 rings (SSSR count). The minimum atomic E-state index is -0.143. The molecule has 0 spiro atoms. The average Bonchev–Trinajstić information content (AvgIpc) is 2.84. The van der Waals surface area contributed by atoms with Gasteiger partial charge in [0.25, 0.3) is 0 Å². The number of anilines is 1. The van der Waals surface area contributed by atoms with E-state index in [4.69, 9.17) is 0 Å². The lowest BCUT2D eigenvalue weighted by molar-refractivity contribution is 0.250. The van der Waals surface area contributed by atoms with Crippen LogP contribution in [0.2, 0.25) is 0 Å². The van der Waals surface area contributed by atoms with Crippen molar-refractivity contribution in [1.29, 1.82) is 0 Å². The fourth-order valence-electron chi connectivity index (χ4n) is 2.65. The molecular formula is C17H26N4O. The van der Waals surface area contributed by atoms with E-state index in [1.54, 1.807) is 0 Å². The van der Waals surface area contributed by atoms with Gasteiger partial charge in [-0.05, 0) is 32.1 Å². The van der Waals surface area contributed by atoms with Crippen molar-refractivity contribution in [3.05, 3.63) is 30.5 Å². The number of aromatic nitrogens is 1. The van der Waals surface area contributed by atoms with Gasteiger partial charge in [-0.1, -0.05) is 32.0 Å². The van der Waals surface area contributed by atoms with Crippen LogP contribution in [0.4, 0.5) is 10.5 Å². The van der Waals surface area contributed by atoms with E-state index in [1.807, 2.05) is 42.1 Å². The first kappa shape index (κ1) is 16.4. The summed E-state index contributed by atoms with van der Waals surface area (Å²) in [4.78, 5) is 14.4. The van der Waals surface area contributed by atoms with Gasteiger partial charge < -0.3 is 20.1 Å². The Kier molecular flexibility index (Phi) is 5.83. The molecule has 0 aliphatic rings. The van der Waals surface area contributed by atoms with Crippen molar-refractivity contribution in [1.82, 2.24) is 14.8 Å². The van der Waals surface area contributed by atoms with E-state index in [-0.39, 0.29) is 6.03 Å². The summed E-state index contributed by atoms with van der Waals surface area (Å²) >= 11 is 0. The van der Waals surface area contributed by atoms with Gasteiger partial charge in [0, 0.05) is 30.7 Å². The van der Waals surface area contributed by atoms with Crippen molar-refractivity contribution in [2.45, 2.75) is 20.3 Å². The Balaban J connectivity index is 1.84. The summed E-state index contributed by atoms with van der Waals surface area (Å²) in [5, 5.41) is 6.92. The number of para-hydroxylation sites is 1. The predicted octanol–water partition coefficient (Wildman–Crippen LogP) is 3.03. The maximum Gasteiger partial charge on any atom is 0.319 e. The zero-order chi connectivity index (χ0) is 15.9. The second kappa shape index (κ2) is 7.84. The van der Waals surface area contributed by atoms with Crippen molar-refractivity contribution in [2.75, 3.05) is 31.5 Å². The third-order valence-electron chi connectivity index (χ3n) is 3.98. The largest absolute Gasteiger partial charge is 0.348 e. The lowest BCUT2D eigenvalue weighted by Crippen LogP contribution is -2.32. The lowest BCUT2D eigenvalue weighted by Gasteiger charge is -2.17. The molecule has 1 aromatic heterocycles. The summed E-state index contributed by atoms with van der Waals surface area (Å²) in [5.74, 6) is 0. The summed E-state index contributed by atoms with van der Waals surface area (Å²) in [6, 6.07) is 7.90. The predicted molar refractivity (Wildman–Crippen MR) is 92.3 cm³/mol. The highest BCUT2D eigenvalue weighted by molar-refractivity contribution is 6.01. The molecular weight excluding hydrogens is 276 g/mol. The molecule has 0 bridgehead atoms. The van der Waals surface area contributed by atoms with Crippen LogP contribution >= 0.6 is 0 Å². The van der Waals surface area contributed by atoms with Gasteiger partial charge in [0.2, 0.25) is 0 Å². The molecule has 2 aromatic rings. The van der Waals surface area contributed by atoms with Crippen LogP contribution < -0.4 is 10.6 Å². The monoisotopic (exact) mass is 302 g/mol. The highest BCUT2D eigenvalue weighted by atomic mass is 16.2. The maximum atomic E-state index is 12.0. The molecule has 0 saturated carbocycles. The fraction of sp³-hybridized carbons (Fsp3) is 0.471. The average molecular weight is 302 g/mol. The number of nitrogens with zero attached hydrogens (tertiary/aromatic N) is 2. The van der Waals surface area contributed by atoms with E-state index >= 15 is 0 Å². The number of hydrogen-bond donors (Lipinski definition) is 2. The molecule has 0 unspecified atom stereocenters. The number of carbonyl (C=O) groups excluding carboxylic acids is 1. The van der Waals surface area contributed by atoms with Crippen LogP contribution in [0.25, 0.3) is 10.9 Å². The highest BCUT2D eigenvalue weighted by Gasteiger charge is 2.08. The summed E-state index contributed by atoms with van der Waals surface area (Å²) in [7, 11) is 1.98. The highest BCUT2D eigenvalue weighted by Crippen LogP contribution is 2.24. The first-order valence-electron chi connectivity index (χ1n) is 7.97. The van der Waals surface area contributed by atoms with Crippen LogP contribution in [-0.4, -0.2) is 41.7 Å². The molecule has 1 heterocycles. The van der Waals surface area contributed by atoms with E-state index in [0.29, 0.717) is 6.54 Å². The number of aryl methyl sites for hydroxylation is 1. The Labute approximate surface area is 132 Å². The summed E-state index contributed by atoms with van der Waals surface area (Å²) in [6.07, 6.45) is 2.91. The van der Waals surface area contributed by atoms with Gasteiger partial charge in [-0.3, -0.25) is 0 Å². The Morgan fingerprint density at radius 2 is 1.95 bits per heavy atom. The molecule has 2 N–H and O–H groups in total. The molecule has 0 saturated heterocycles. The molecule has 120 valence electrons. The first-order chi connectivity index (χ1) is 10.7. The van der Waals surface area contributed by atoms with Crippen molar-refractivity contribution in [2.24, 2.45) is 7.05 Å². The zero-order valence-corrected chi connectivity index (χ0v) is 13.7. The van der Waals surface area contributed by atoms with Crippen molar-refractivity contribution in [3.8, 4) is 0 Å². The number of rotatable bonds is 7. The number of carbonyl (C=O) groups is 1. The fourth-order valence-corrected chi connectivity index (χ4v) is 2.65. The second-order valence-corrected chi connectivity index (χ2v) is 5.43. The van der Waals surface area contributed by atoms with Crippen LogP contribution in [0, 0.1) is 0 Å². The smallest absolute Gasteiger partial charge is 0.319 e. The van der Waals surface area contributed by atoms with Crippen LogP contribution in [-0.2, 0) is 7.05 Å². The van der Waals surface area contributed by atoms with Gasteiger partial charge >= 0.3 is 6.03 Å². The second-order valence-electron chi connectivity index (χ2n) is 5.43. The SMILES string of the molecule is CCN(CC)CCCNC(=O)Nc1cn(C)c2ccccc12. The van der Waals surface area contributed by atoms with Gasteiger partial charge in [0.15, 0.2) is 0 Å². The third kappa shape index (κ3) is 4.01. The molecule has 22 heavy (non-hydrogen) atoms. The Bertz CT molecular complexity index is 616. The molecule has 0 fully saturated rings. The van der Waals surface area contributed by atoms with Gasteiger partial charge in [0.1, 0.15) is 0 Å². The quantitative estimate of drug-likeness (QED) is 0.772. The van der Waals surface area contributed by atoms with E-state index in [2.05, 4.69) is 29.4 Å². The maximum absolute atomic E-state index is 12.0. The summed E-state index contributed by atoms with van der Waals surface area (Å²) in [5.41, 5.74) is 1.96. The van der Waals surface area contributed by atoms with Gasteiger partial charge in [-0.2, -0.15) is 0 Å². The molecule has 2 amide bonds. The number of amides is 2.